The van der Waals surface area contributed by atoms with Crippen molar-refractivity contribution < 1.29 is 19.1 Å². The van der Waals surface area contributed by atoms with Crippen molar-refractivity contribution in [3.8, 4) is 0 Å². The summed E-state index contributed by atoms with van der Waals surface area (Å²) in [5, 5.41) is 5.66. The number of Topliss-reactive ketones (excluding diaryl/α,β-unsaturated/α-hetero) is 1. The predicted octanol–water partition coefficient (Wildman–Crippen LogP) is 2.37. The third-order valence-corrected chi connectivity index (χ3v) is 4.80. The lowest BCUT2D eigenvalue weighted by Crippen LogP contribution is -2.47. The van der Waals surface area contributed by atoms with E-state index in [1.807, 2.05) is 41.4 Å². The molecule has 1 fully saturated rings. The number of aromatic nitrogens is 2. The van der Waals surface area contributed by atoms with Crippen LogP contribution in [-0.4, -0.2) is 60.1 Å². The number of ether oxygens (including phenoxy) is 2. The molecule has 4 rings (SSSR count). The lowest BCUT2D eigenvalue weighted by atomic mass is 9.99. The summed E-state index contributed by atoms with van der Waals surface area (Å²) < 4.78 is 10.1. The van der Waals surface area contributed by atoms with Crippen molar-refractivity contribution in [3.63, 3.8) is 0 Å². The minimum Gasteiger partial charge on any atom is -0.463 e. The van der Waals surface area contributed by atoms with Crippen LogP contribution in [0.15, 0.2) is 55.0 Å². The number of carbonyl (C=O) groups excluding carboxylic acids is 2. The molecule has 0 bridgehead atoms. The molecule has 2 aromatic carbocycles. The van der Waals surface area contributed by atoms with Gasteiger partial charge in [-0.3, -0.25) is 9.80 Å². The van der Waals surface area contributed by atoms with Gasteiger partial charge in [-0.25, -0.2) is 19.8 Å². The molecule has 0 spiro atoms. The highest BCUT2D eigenvalue weighted by molar-refractivity contribution is 6.43. The number of hydrazine groups is 1. The molecule has 0 atom stereocenters. The molecule has 0 saturated carbocycles. The van der Waals surface area contributed by atoms with Gasteiger partial charge in [0.25, 0.3) is 5.78 Å². The first-order chi connectivity index (χ1) is 14.2. The Kier molecular flexibility index (Phi) is 5.46. The maximum absolute atomic E-state index is 12.5. The highest BCUT2D eigenvalue weighted by Crippen LogP contribution is 2.35. The van der Waals surface area contributed by atoms with Crippen LogP contribution in [0.5, 0.6) is 0 Å². The fourth-order valence-electron chi connectivity index (χ4n) is 3.45. The lowest BCUT2D eigenvalue weighted by Gasteiger charge is -2.38. The molecule has 0 N–H and O–H groups in total. The second-order valence-electron chi connectivity index (χ2n) is 6.44. The van der Waals surface area contributed by atoms with Gasteiger partial charge >= 0.3 is 5.97 Å². The smallest absolute Gasteiger partial charge is 0.379 e. The van der Waals surface area contributed by atoms with Gasteiger partial charge in [-0.05, 0) is 17.5 Å². The van der Waals surface area contributed by atoms with Crippen molar-refractivity contribution in [3.05, 3.63) is 60.6 Å². The molecule has 0 aliphatic carbocycles. The van der Waals surface area contributed by atoms with Gasteiger partial charge in [0.1, 0.15) is 6.33 Å². The topological polar surface area (TPSA) is 84.9 Å². The number of esters is 1. The Morgan fingerprint density at radius 1 is 1.07 bits per heavy atom. The minimum absolute atomic E-state index is 0.306. The number of hydrogen-bond donors (Lipinski definition) is 0. The second-order valence-corrected chi connectivity index (χ2v) is 6.44. The Labute approximate surface area is 167 Å². The molecule has 8 heteroatoms. The van der Waals surface area contributed by atoms with Crippen LogP contribution in [0.4, 0.5) is 11.5 Å². The molecule has 8 nitrogen and oxygen atoms in total. The predicted molar refractivity (Wildman–Crippen MR) is 107 cm³/mol. The molecular weight excluding hydrogens is 372 g/mol. The average molecular weight is 392 g/mol. The number of fused-ring (bicyclic) bond motifs is 1. The molecular formula is C21H20N4O4. The summed E-state index contributed by atoms with van der Waals surface area (Å²) in [5.41, 5.74) is 1.16. The minimum atomic E-state index is -0.885. The molecule has 29 heavy (non-hydrogen) atoms. The second kappa shape index (κ2) is 8.34. The van der Waals surface area contributed by atoms with Gasteiger partial charge in [0.15, 0.2) is 5.82 Å². The van der Waals surface area contributed by atoms with Gasteiger partial charge in [0, 0.05) is 36.3 Å². The van der Waals surface area contributed by atoms with E-state index < -0.39 is 11.8 Å². The van der Waals surface area contributed by atoms with E-state index in [2.05, 4.69) is 19.7 Å². The lowest BCUT2D eigenvalue weighted by molar-refractivity contribution is -0.135. The van der Waals surface area contributed by atoms with Crippen LogP contribution in [0.25, 0.3) is 10.8 Å². The summed E-state index contributed by atoms with van der Waals surface area (Å²) >= 11 is 0. The summed E-state index contributed by atoms with van der Waals surface area (Å²) in [4.78, 5) is 32.8. The van der Waals surface area contributed by atoms with E-state index in [9.17, 15) is 9.59 Å². The number of methoxy groups -OCH3 is 1. The number of carbonyl (C=O) groups is 2. The van der Waals surface area contributed by atoms with Crippen molar-refractivity contribution in [2.75, 3.05) is 38.4 Å². The molecule has 0 amide bonds. The van der Waals surface area contributed by atoms with Crippen molar-refractivity contribution in [2.24, 2.45) is 0 Å². The number of nitrogens with zero attached hydrogens (tertiary/aromatic N) is 4. The molecule has 1 saturated heterocycles. The van der Waals surface area contributed by atoms with Crippen LogP contribution < -0.4 is 5.01 Å². The quantitative estimate of drug-likeness (QED) is 0.372. The summed E-state index contributed by atoms with van der Waals surface area (Å²) in [7, 11) is 1.20. The average Bonchev–Trinajstić information content (AvgIpc) is 2.80. The van der Waals surface area contributed by atoms with E-state index in [4.69, 9.17) is 4.74 Å². The maximum Gasteiger partial charge on any atom is 0.379 e. The third-order valence-electron chi connectivity index (χ3n) is 4.80. The van der Waals surface area contributed by atoms with Crippen LogP contribution in [0.3, 0.4) is 0 Å². The zero-order valence-corrected chi connectivity index (χ0v) is 15.9. The summed E-state index contributed by atoms with van der Waals surface area (Å²) in [6.07, 6.45) is 3.19. The highest BCUT2D eigenvalue weighted by atomic mass is 16.5. The highest BCUT2D eigenvalue weighted by Gasteiger charge is 2.26. The first kappa shape index (κ1) is 19.0. The van der Waals surface area contributed by atoms with Gasteiger partial charge in [0.05, 0.1) is 26.0 Å². The van der Waals surface area contributed by atoms with Gasteiger partial charge in [-0.2, -0.15) is 0 Å². The standard InChI is InChI=1S/C21H20N4O4/c1-28-21(27)20(26)17-6-7-18(16-5-3-2-4-15(16)17)25(19-8-9-22-14-23-19)24-10-12-29-13-11-24/h2-9,14H,10-13H2,1H3. The molecule has 0 radical (unpaired) electrons. The first-order valence-electron chi connectivity index (χ1n) is 9.24. The largest absolute Gasteiger partial charge is 0.463 e. The van der Waals surface area contributed by atoms with Crippen LogP contribution in [0.2, 0.25) is 0 Å². The van der Waals surface area contributed by atoms with Crippen LogP contribution in [0.1, 0.15) is 10.4 Å². The molecule has 3 aromatic rings. The molecule has 2 heterocycles. The Balaban J connectivity index is 1.88. The number of ketones is 1. The SMILES string of the molecule is COC(=O)C(=O)c1ccc(N(c2ccncn2)N2CCOCC2)c2ccccc12. The van der Waals surface area contributed by atoms with E-state index in [-0.39, 0.29) is 0 Å². The van der Waals surface area contributed by atoms with Crippen LogP contribution >= 0.6 is 0 Å². The summed E-state index contributed by atoms with van der Waals surface area (Å²) in [5.74, 6) is -0.849. The molecule has 1 aromatic heterocycles. The zero-order chi connectivity index (χ0) is 20.2. The van der Waals surface area contributed by atoms with E-state index in [1.165, 1.54) is 13.4 Å². The van der Waals surface area contributed by atoms with Crippen molar-refractivity contribution >= 4 is 34.0 Å². The van der Waals surface area contributed by atoms with Gasteiger partial charge in [0.2, 0.25) is 0 Å². The Bertz CT molecular complexity index is 1040. The summed E-state index contributed by atoms with van der Waals surface area (Å²) in [6, 6.07) is 12.8. The Hall–Kier alpha value is -3.36. The fraction of sp³-hybridized carbons (Fsp3) is 0.238. The monoisotopic (exact) mass is 392 g/mol. The third kappa shape index (κ3) is 3.67. The molecule has 0 unspecified atom stereocenters. The summed E-state index contributed by atoms with van der Waals surface area (Å²) in [6.45, 7) is 2.61. The van der Waals surface area contributed by atoms with E-state index in [1.54, 1.807) is 12.3 Å². The van der Waals surface area contributed by atoms with Crippen LogP contribution in [-0.2, 0) is 14.3 Å². The number of benzene rings is 2. The Morgan fingerprint density at radius 2 is 1.83 bits per heavy atom. The first-order valence-corrected chi connectivity index (χ1v) is 9.24. The Morgan fingerprint density at radius 3 is 2.52 bits per heavy atom. The van der Waals surface area contributed by atoms with Crippen molar-refractivity contribution in [1.29, 1.82) is 0 Å². The number of anilines is 2. The molecule has 1 aliphatic heterocycles. The van der Waals surface area contributed by atoms with Gasteiger partial charge < -0.3 is 9.47 Å². The van der Waals surface area contributed by atoms with E-state index in [0.717, 1.165) is 11.1 Å². The fourth-order valence-corrected chi connectivity index (χ4v) is 3.45. The number of morpholine rings is 1. The van der Waals surface area contributed by atoms with Gasteiger partial charge in [-0.1, -0.05) is 24.3 Å². The zero-order valence-electron chi connectivity index (χ0n) is 15.9. The van der Waals surface area contributed by atoms with Crippen molar-refractivity contribution in [2.45, 2.75) is 0 Å². The molecule has 148 valence electrons. The molecule has 1 aliphatic rings. The van der Waals surface area contributed by atoms with Gasteiger partial charge in [-0.15, -0.1) is 0 Å². The number of hydrogen-bond acceptors (Lipinski definition) is 8. The van der Waals surface area contributed by atoms with Crippen LogP contribution in [0, 0.1) is 0 Å². The number of rotatable bonds is 5. The van der Waals surface area contributed by atoms with E-state index in [0.29, 0.717) is 43.1 Å². The maximum atomic E-state index is 12.5. The van der Waals surface area contributed by atoms with Crippen molar-refractivity contribution in [1.82, 2.24) is 15.0 Å². The normalized spacial score (nSPS) is 14.5. The van der Waals surface area contributed by atoms with E-state index >= 15 is 0 Å².